The van der Waals surface area contributed by atoms with Crippen LogP contribution in [0.4, 0.5) is 0 Å². The maximum absolute atomic E-state index is 5.86. The number of nitrogens with one attached hydrogen (secondary N) is 1. The molecule has 2 aromatic carbocycles. The van der Waals surface area contributed by atoms with Gasteiger partial charge in [0.25, 0.3) is 0 Å². The van der Waals surface area contributed by atoms with Crippen LogP contribution in [-0.2, 0) is 13.0 Å². The van der Waals surface area contributed by atoms with Crippen molar-refractivity contribution in [3.63, 3.8) is 0 Å². The van der Waals surface area contributed by atoms with Crippen LogP contribution in [0.25, 0.3) is 11.0 Å². The van der Waals surface area contributed by atoms with Gasteiger partial charge in [0, 0.05) is 11.4 Å². The van der Waals surface area contributed by atoms with E-state index in [1.165, 1.54) is 16.5 Å². The van der Waals surface area contributed by atoms with Gasteiger partial charge in [-0.2, -0.15) is 0 Å². The van der Waals surface area contributed by atoms with E-state index < -0.39 is 0 Å². The molecule has 0 atom stereocenters. The summed E-state index contributed by atoms with van der Waals surface area (Å²) in [6, 6.07) is 19.6. The first-order chi connectivity index (χ1) is 10.2. The lowest BCUT2D eigenvalue weighted by Gasteiger charge is -2.04. The van der Waals surface area contributed by atoms with Gasteiger partial charge >= 0.3 is 0 Å². The monoisotopic (exact) mass is 279 g/mol. The van der Waals surface area contributed by atoms with Crippen molar-refractivity contribution < 1.29 is 4.42 Å². The van der Waals surface area contributed by atoms with Gasteiger partial charge in [-0.15, -0.1) is 0 Å². The molecule has 3 aromatic rings. The Morgan fingerprint density at radius 2 is 1.76 bits per heavy atom. The Labute approximate surface area is 125 Å². The molecule has 0 aliphatic rings. The van der Waals surface area contributed by atoms with E-state index in [0.717, 1.165) is 24.3 Å². The van der Waals surface area contributed by atoms with Crippen LogP contribution in [-0.4, -0.2) is 6.04 Å². The summed E-state index contributed by atoms with van der Waals surface area (Å²) < 4.78 is 5.86. The Balaban J connectivity index is 1.79. The molecule has 1 aromatic heterocycles. The molecular weight excluding hydrogens is 258 g/mol. The van der Waals surface area contributed by atoms with Crippen LogP contribution >= 0.6 is 0 Å². The molecular formula is C19H21NO. The highest BCUT2D eigenvalue weighted by atomic mass is 16.3. The van der Waals surface area contributed by atoms with Gasteiger partial charge in [-0.1, -0.05) is 50.2 Å². The highest BCUT2D eigenvalue weighted by molar-refractivity contribution is 5.78. The molecule has 0 aliphatic heterocycles. The van der Waals surface area contributed by atoms with Crippen molar-refractivity contribution in [3.05, 3.63) is 71.5 Å². The average Bonchev–Trinajstić information content (AvgIpc) is 2.88. The van der Waals surface area contributed by atoms with Crippen LogP contribution in [0.3, 0.4) is 0 Å². The topological polar surface area (TPSA) is 25.2 Å². The largest absolute Gasteiger partial charge is 0.460 e. The average molecular weight is 279 g/mol. The van der Waals surface area contributed by atoms with Crippen LogP contribution in [0.15, 0.2) is 59.0 Å². The number of benzene rings is 2. The molecule has 3 rings (SSSR count). The Morgan fingerprint density at radius 3 is 2.52 bits per heavy atom. The number of furan rings is 1. The fourth-order valence-corrected chi connectivity index (χ4v) is 2.48. The molecule has 0 radical (unpaired) electrons. The van der Waals surface area contributed by atoms with E-state index in [9.17, 15) is 0 Å². The first-order valence-electron chi connectivity index (χ1n) is 7.49. The summed E-state index contributed by atoms with van der Waals surface area (Å²) in [5.74, 6) is 0.996. The Hall–Kier alpha value is -2.06. The zero-order chi connectivity index (χ0) is 14.7. The summed E-state index contributed by atoms with van der Waals surface area (Å²) in [5.41, 5.74) is 3.62. The van der Waals surface area contributed by atoms with Crippen molar-refractivity contribution in [2.24, 2.45) is 0 Å². The summed E-state index contributed by atoms with van der Waals surface area (Å²) in [6.07, 6.45) is 0.960. The molecule has 0 saturated heterocycles. The van der Waals surface area contributed by atoms with Gasteiger partial charge in [-0.05, 0) is 35.7 Å². The van der Waals surface area contributed by atoms with E-state index in [0.29, 0.717) is 6.04 Å². The molecule has 2 nitrogen and oxygen atoms in total. The van der Waals surface area contributed by atoms with E-state index in [1.807, 2.05) is 0 Å². The number of fused-ring (bicyclic) bond motifs is 1. The molecule has 1 heterocycles. The smallest absolute Gasteiger partial charge is 0.134 e. The molecule has 21 heavy (non-hydrogen) atoms. The van der Waals surface area contributed by atoms with E-state index in [2.05, 4.69) is 73.8 Å². The molecule has 108 valence electrons. The van der Waals surface area contributed by atoms with Crippen molar-refractivity contribution in [2.45, 2.75) is 32.9 Å². The highest BCUT2D eigenvalue weighted by Gasteiger charge is 2.05. The minimum Gasteiger partial charge on any atom is -0.460 e. The lowest BCUT2D eigenvalue weighted by Crippen LogP contribution is -2.21. The minimum atomic E-state index is 0.465. The first-order valence-corrected chi connectivity index (χ1v) is 7.49. The van der Waals surface area contributed by atoms with Gasteiger partial charge in [-0.25, -0.2) is 0 Å². The fraction of sp³-hybridized carbons (Fsp3) is 0.263. The quantitative estimate of drug-likeness (QED) is 0.742. The van der Waals surface area contributed by atoms with Gasteiger partial charge in [0.05, 0.1) is 6.54 Å². The number of hydrogen-bond acceptors (Lipinski definition) is 2. The van der Waals surface area contributed by atoms with Gasteiger partial charge in [0.15, 0.2) is 0 Å². The lowest BCUT2D eigenvalue weighted by atomic mass is 10.0. The first kappa shape index (κ1) is 13.9. The molecule has 0 spiro atoms. The molecule has 0 unspecified atom stereocenters. The number of hydrogen-bond donors (Lipinski definition) is 1. The number of rotatable bonds is 5. The van der Waals surface area contributed by atoms with E-state index >= 15 is 0 Å². The Morgan fingerprint density at radius 1 is 0.952 bits per heavy atom. The molecule has 0 aliphatic carbocycles. The molecule has 2 heteroatoms. The van der Waals surface area contributed by atoms with Crippen molar-refractivity contribution >= 4 is 11.0 Å². The van der Waals surface area contributed by atoms with Crippen LogP contribution in [0.5, 0.6) is 0 Å². The fourth-order valence-electron chi connectivity index (χ4n) is 2.48. The summed E-state index contributed by atoms with van der Waals surface area (Å²) in [5, 5.41) is 4.57. The lowest BCUT2D eigenvalue weighted by molar-refractivity contribution is 0.488. The Bertz CT molecular complexity index is 713. The molecule has 0 bridgehead atoms. The van der Waals surface area contributed by atoms with E-state index in [4.69, 9.17) is 4.42 Å². The molecule has 1 N–H and O–H groups in total. The highest BCUT2D eigenvalue weighted by Crippen LogP contribution is 2.22. The third-order valence-electron chi connectivity index (χ3n) is 3.57. The zero-order valence-electron chi connectivity index (χ0n) is 12.6. The summed E-state index contributed by atoms with van der Waals surface area (Å²) >= 11 is 0. The van der Waals surface area contributed by atoms with Gasteiger partial charge in [0.1, 0.15) is 11.3 Å². The van der Waals surface area contributed by atoms with Crippen LogP contribution < -0.4 is 5.32 Å². The van der Waals surface area contributed by atoms with Crippen molar-refractivity contribution in [3.8, 4) is 0 Å². The van der Waals surface area contributed by atoms with Crippen LogP contribution in [0.1, 0.15) is 30.7 Å². The summed E-state index contributed by atoms with van der Waals surface area (Å²) in [4.78, 5) is 0. The third kappa shape index (κ3) is 3.53. The normalized spacial score (nSPS) is 11.4. The SMILES string of the molecule is CC(C)NCc1cc2cc(Cc3ccccc3)ccc2o1. The maximum Gasteiger partial charge on any atom is 0.134 e. The second-order valence-corrected chi connectivity index (χ2v) is 5.78. The van der Waals surface area contributed by atoms with Gasteiger partial charge in [-0.3, -0.25) is 0 Å². The Kier molecular flexibility index (Phi) is 4.07. The zero-order valence-corrected chi connectivity index (χ0v) is 12.6. The summed E-state index contributed by atoms with van der Waals surface area (Å²) in [6.45, 7) is 5.06. The van der Waals surface area contributed by atoms with Gasteiger partial charge in [0.2, 0.25) is 0 Å². The van der Waals surface area contributed by atoms with Crippen molar-refractivity contribution in [2.75, 3.05) is 0 Å². The van der Waals surface area contributed by atoms with Crippen LogP contribution in [0, 0.1) is 0 Å². The van der Waals surface area contributed by atoms with Crippen molar-refractivity contribution in [1.29, 1.82) is 0 Å². The molecule has 0 amide bonds. The van der Waals surface area contributed by atoms with Crippen LogP contribution in [0.2, 0.25) is 0 Å². The predicted octanol–water partition coefficient (Wildman–Crippen LogP) is 4.52. The summed E-state index contributed by atoms with van der Waals surface area (Å²) in [7, 11) is 0. The van der Waals surface area contributed by atoms with Gasteiger partial charge < -0.3 is 9.73 Å². The molecule has 0 saturated carbocycles. The maximum atomic E-state index is 5.86. The standard InChI is InChI=1S/C19H21NO/c1-14(2)20-13-18-12-17-11-16(8-9-19(17)21-18)10-15-6-4-3-5-7-15/h3-9,11-12,14,20H,10,13H2,1-2H3. The van der Waals surface area contributed by atoms with Crippen molar-refractivity contribution in [1.82, 2.24) is 5.32 Å². The minimum absolute atomic E-state index is 0.465. The second kappa shape index (κ2) is 6.15. The van der Waals surface area contributed by atoms with E-state index in [-0.39, 0.29) is 0 Å². The predicted molar refractivity (Wildman–Crippen MR) is 87.4 cm³/mol. The second-order valence-electron chi connectivity index (χ2n) is 5.78. The third-order valence-corrected chi connectivity index (χ3v) is 3.57. The van der Waals surface area contributed by atoms with E-state index in [1.54, 1.807) is 0 Å². The molecule has 0 fully saturated rings.